The third kappa shape index (κ3) is 3.99. The van der Waals surface area contributed by atoms with Gasteiger partial charge in [-0.05, 0) is 56.1 Å². The van der Waals surface area contributed by atoms with Crippen molar-refractivity contribution < 1.29 is 14.3 Å². The van der Waals surface area contributed by atoms with E-state index in [4.69, 9.17) is 9.47 Å². The number of carbonyl (C=O) groups excluding carboxylic acids is 1. The van der Waals surface area contributed by atoms with Crippen LogP contribution < -0.4 is 9.64 Å². The number of amides is 1. The molecule has 4 rings (SSSR count). The zero-order chi connectivity index (χ0) is 18.8. The van der Waals surface area contributed by atoms with E-state index in [9.17, 15) is 4.79 Å². The highest BCUT2D eigenvalue weighted by Gasteiger charge is 2.41. The van der Waals surface area contributed by atoms with Crippen molar-refractivity contribution in [1.29, 1.82) is 0 Å². The topological polar surface area (TPSA) is 42.0 Å². The summed E-state index contributed by atoms with van der Waals surface area (Å²) in [5.41, 5.74) is 0.918. The van der Waals surface area contributed by atoms with Crippen LogP contribution in [0.4, 0.5) is 5.69 Å². The lowest BCUT2D eigenvalue weighted by atomic mass is 9.88. The Labute approximate surface area is 162 Å². The summed E-state index contributed by atoms with van der Waals surface area (Å²) < 4.78 is 10.9. The largest absolute Gasteiger partial charge is 0.482 e. The maximum atomic E-state index is 12.4. The summed E-state index contributed by atoms with van der Waals surface area (Å²) in [6.45, 7) is 5.17. The quantitative estimate of drug-likeness (QED) is 0.736. The number of fused-ring (bicyclic) bond motifs is 3. The van der Waals surface area contributed by atoms with E-state index in [0.29, 0.717) is 5.92 Å². The van der Waals surface area contributed by atoms with Gasteiger partial charge in [0.2, 0.25) is 0 Å². The third-order valence-electron chi connectivity index (χ3n) is 6.54. The first kappa shape index (κ1) is 18.8. The molecule has 0 N–H and O–H groups in total. The summed E-state index contributed by atoms with van der Waals surface area (Å²) in [5, 5.41) is 0. The Bertz CT molecular complexity index is 651. The predicted molar refractivity (Wildman–Crippen MR) is 106 cm³/mol. The van der Waals surface area contributed by atoms with Crippen molar-refractivity contribution >= 4 is 11.6 Å². The Morgan fingerprint density at radius 3 is 2.67 bits per heavy atom. The van der Waals surface area contributed by atoms with Gasteiger partial charge in [-0.2, -0.15) is 0 Å². The maximum Gasteiger partial charge on any atom is 0.265 e. The monoisotopic (exact) mass is 372 g/mol. The van der Waals surface area contributed by atoms with Gasteiger partial charge in [0.1, 0.15) is 5.75 Å². The molecule has 27 heavy (non-hydrogen) atoms. The molecule has 2 bridgehead atoms. The smallest absolute Gasteiger partial charge is 0.265 e. The average molecular weight is 373 g/mol. The Balaban J connectivity index is 1.36. The lowest BCUT2D eigenvalue weighted by molar-refractivity contribution is -0.121. The number of hydrogen-bond donors (Lipinski definition) is 0. The minimum absolute atomic E-state index is 0.0711. The molecule has 1 amide bonds. The molecule has 4 atom stereocenters. The zero-order valence-electron chi connectivity index (χ0n) is 16.6. The molecule has 148 valence electrons. The fourth-order valence-electron chi connectivity index (χ4n) is 5.29. The summed E-state index contributed by atoms with van der Waals surface area (Å²) in [6.07, 6.45) is 6.49. The van der Waals surface area contributed by atoms with Crippen LogP contribution in [-0.4, -0.2) is 56.3 Å². The highest BCUT2D eigenvalue weighted by Crippen LogP contribution is 2.40. The molecule has 1 aromatic rings. The minimum Gasteiger partial charge on any atom is -0.482 e. The molecule has 0 saturated carbocycles. The van der Waals surface area contributed by atoms with Crippen molar-refractivity contribution in [1.82, 2.24) is 4.90 Å². The first-order valence-electron chi connectivity index (χ1n) is 10.4. The second-order valence-electron chi connectivity index (χ2n) is 8.57. The summed E-state index contributed by atoms with van der Waals surface area (Å²) in [7, 11) is 1.80. The number of benzene rings is 1. The molecule has 3 heterocycles. The van der Waals surface area contributed by atoms with Gasteiger partial charge in [-0.3, -0.25) is 9.69 Å². The molecule has 2 unspecified atom stereocenters. The average Bonchev–Trinajstić information content (AvgIpc) is 2.90. The number of methoxy groups -OCH3 is 1. The van der Waals surface area contributed by atoms with Crippen molar-refractivity contribution in [2.24, 2.45) is 11.8 Å². The van der Waals surface area contributed by atoms with Crippen molar-refractivity contribution in [3.8, 4) is 5.75 Å². The summed E-state index contributed by atoms with van der Waals surface area (Å²) in [5.74, 6) is 2.16. The molecule has 0 radical (unpaired) electrons. The standard InChI is InChI=1S/C22H32N2O3/c1-16(14-24-20-5-3-4-6-21(20)27-15-22(24)25)13-23-18-7-8-19(23)12-17(11-18)9-10-26-2/h3-6,16-19H,7-15H2,1-2H3/t16?,17-,18+,19?/m1/s1. The van der Waals surface area contributed by atoms with Crippen LogP contribution in [0.5, 0.6) is 5.75 Å². The van der Waals surface area contributed by atoms with Crippen LogP contribution in [0.25, 0.3) is 0 Å². The van der Waals surface area contributed by atoms with E-state index in [1.807, 2.05) is 29.2 Å². The van der Waals surface area contributed by atoms with Crippen LogP contribution >= 0.6 is 0 Å². The van der Waals surface area contributed by atoms with E-state index >= 15 is 0 Å². The number of rotatable bonds is 7. The Morgan fingerprint density at radius 2 is 1.93 bits per heavy atom. The first-order valence-corrected chi connectivity index (χ1v) is 10.4. The summed E-state index contributed by atoms with van der Waals surface area (Å²) >= 11 is 0. The van der Waals surface area contributed by atoms with Gasteiger partial charge in [0.15, 0.2) is 6.61 Å². The first-order chi connectivity index (χ1) is 13.2. The van der Waals surface area contributed by atoms with Crippen molar-refractivity contribution in [3.05, 3.63) is 24.3 Å². The minimum atomic E-state index is 0.0711. The van der Waals surface area contributed by atoms with Gasteiger partial charge in [-0.25, -0.2) is 0 Å². The number of anilines is 1. The Kier molecular flexibility index (Phi) is 5.69. The zero-order valence-corrected chi connectivity index (χ0v) is 16.6. The van der Waals surface area contributed by atoms with Gasteiger partial charge in [0.25, 0.3) is 5.91 Å². The number of para-hydroxylation sites is 2. The molecule has 5 nitrogen and oxygen atoms in total. The molecule has 0 aliphatic carbocycles. The van der Waals surface area contributed by atoms with Gasteiger partial charge >= 0.3 is 0 Å². The van der Waals surface area contributed by atoms with E-state index in [2.05, 4.69) is 11.8 Å². The fraction of sp³-hybridized carbons (Fsp3) is 0.682. The molecule has 3 aliphatic rings. The van der Waals surface area contributed by atoms with Crippen LogP contribution in [0.15, 0.2) is 24.3 Å². The number of piperidine rings is 1. The van der Waals surface area contributed by atoms with Crippen LogP contribution in [-0.2, 0) is 9.53 Å². The lowest BCUT2D eigenvalue weighted by Gasteiger charge is -2.41. The van der Waals surface area contributed by atoms with E-state index in [1.54, 1.807) is 7.11 Å². The number of ether oxygens (including phenoxy) is 2. The Hall–Kier alpha value is -1.59. The molecule has 2 fully saturated rings. The van der Waals surface area contributed by atoms with Crippen LogP contribution in [0.3, 0.4) is 0 Å². The van der Waals surface area contributed by atoms with E-state index in [1.165, 1.54) is 32.1 Å². The highest BCUT2D eigenvalue weighted by molar-refractivity contribution is 5.97. The second kappa shape index (κ2) is 8.19. The number of hydrogen-bond acceptors (Lipinski definition) is 4. The predicted octanol–water partition coefficient (Wildman–Crippen LogP) is 3.33. The van der Waals surface area contributed by atoms with Gasteiger partial charge in [0, 0.05) is 38.9 Å². The summed E-state index contributed by atoms with van der Waals surface area (Å²) in [4.78, 5) is 17.1. The van der Waals surface area contributed by atoms with Gasteiger partial charge in [0.05, 0.1) is 5.69 Å². The van der Waals surface area contributed by atoms with Crippen LogP contribution in [0, 0.1) is 11.8 Å². The van der Waals surface area contributed by atoms with Crippen molar-refractivity contribution in [2.75, 3.05) is 38.3 Å². The maximum absolute atomic E-state index is 12.4. The molecule has 5 heteroatoms. The van der Waals surface area contributed by atoms with E-state index in [0.717, 1.165) is 49.1 Å². The Morgan fingerprint density at radius 1 is 1.19 bits per heavy atom. The summed E-state index contributed by atoms with van der Waals surface area (Å²) in [6, 6.07) is 9.32. The molecule has 0 aromatic heterocycles. The normalized spacial score (nSPS) is 28.7. The SMILES string of the molecule is COCC[C@H]1CC2CC[C@@H](C1)N2CC(C)CN1C(=O)COc2ccccc21. The van der Waals surface area contributed by atoms with Crippen molar-refractivity contribution in [2.45, 2.75) is 51.1 Å². The van der Waals surface area contributed by atoms with Crippen LogP contribution in [0.2, 0.25) is 0 Å². The molecular formula is C22H32N2O3. The van der Waals surface area contributed by atoms with E-state index in [-0.39, 0.29) is 12.5 Å². The van der Waals surface area contributed by atoms with Gasteiger partial charge in [-0.15, -0.1) is 0 Å². The van der Waals surface area contributed by atoms with Crippen molar-refractivity contribution in [3.63, 3.8) is 0 Å². The second-order valence-corrected chi connectivity index (χ2v) is 8.57. The number of nitrogens with zero attached hydrogens (tertiary/aromatic N) is 2. The third-order valence-corrected chi connectivity index (χ3v) is 6.54. The lowest BCUT2D eigenvalue weighted by Crippen LogP contribution is -2.48. The molecule has 1 aromatic carbocycles. The number of carbonyl (C=O) groups is 1. The van der Waals surface area contributed by atoms with Gasteiger partial charge < -0.3 is 14.4 Å². The molecule has 3 aliphatic heterocycles. The van der Waals surface area contributed by atoms with E-state index < -0.39 is 0 Å². The molecule has 2 saturated heterocycles. The van der Waals surface area contributed by atoms with Crippen LogP contribution in [0.1, 0.15) is 39.0 Å². The van der Waals surface area contributed by atoms with Gasteiger partial charge in [-0.1, -0.05) is 19.1 Å². The fourth-order valence-corrected chi connectivity index (χ4v) is 5.29. The molecule has 0 spiro atoms. The highest BCUT2D eigenvalue weighted by atomic mass is 16.5. The molecular weight excluding hydrogens is 340 g/mol.